The van der Waals surface area contributed by atoms with Gasteiger partial charge in [-0.3, -0.25) is 4.98 Å². The van der Waals surface area contributed by atoms with Crippen molar-refractivity contribution in [3.63, 3.8) is 0 Å². The summed E-state index contributed by atoms with van der Waals surface area (Å²) in [5.41, 5.74) is 6.85. The minimum atomic E-state index is 0.109. The minimum Gasteiger partial charge on any atom is -0.497 e. The fourth-order valence-corrected chi connectivity index (χ4v) is 1.78. The maximum absolute atomic E-state index is 5.78. The van der Waals surface area contributed by atoms with Crippen LogP contribution < -0.4 is 15.2 Å². The Morgan fingerprint density at radius 3 is 2.42 bits per heavy atom. The zero-order valence-corrected chi connectivity index (χ0v) is 11.2. The van der Waals surface area contributed by atoms with Gasteiger partial charge in [0.15, 0.2) is 0 Å². The number of pyridine rings is 1. The summed E-state index contributed by atoms with van der Waals surface area (Å²) >= 11 is 0. The van der Waals surface area contributed by atoms with E-state index in [9.17, 15) is 0 Å². The maximum atomic E-state index is 5.78. The predicted molar refractivity (Wildman–Crippen MR) is 74.7 cm³/mol. The Labute approximate surface area is 113 Å². The lowest BCUT2D eigenvalue weighted by molar-refractivity contribution is 0.412. The summed E-state index contributed by atoms with van der Waals surface area (Å²) in [6.07, 6.45) is 4.28. The van der Waals surface area contributed by atoms with Crippen molar-refractivity contribution in [1.29, 1.82) is 0 Å². The summed E-state index contributed by atoms with van der Waals surface area (Å²) in [5, 5.41) is 0. The van der Waals surface area contributed by atoms with E-state index in [0.717, 1.165) is 23.5 Å². The van der Waals surface area contributed by atoms with Gasteiger partial charge in [0.1, 0.15) is 17.2 Å². The molecular weight excluding hydrogens is 240 g/mol. The molecule has 0 spiro atoms. The molecule has 1 heterocycles. The number of nitrogens with zero attached hydrogens (tertiary/aromatic N) is 1. The van der Waals surface area contributed by atoms with Crippen LogP contribution in [0.3, 0.4) is 0 Å². The third-order valence-corrected chi connectivity index (χ3v) is 2.62. The lowest BCUT2D eigenvalue weighted by Crippen LogP contribution is -2.17. The fraction of sp³-hybridized carbons (Fsp3) is 0.267. The molecule has 4 heteroatoms. The zero-order chi connectivity index (χ0) is 13.7. The number of hydrogen-bond acceptors (Lipinski definition) is 4. The molecule has 0 saturated heterocycles. The molecule has 100 valence electrons. The summed E-state index contributed by atoms with van der Waals surface area (Å²) in [7, 11) is 1.64. The Hall–Kier alpha value is -2.07. The van der Waals surface area contributed by atoms with Crippen molar-refractivity contribution in [2.45, 2.75) is 19.4 Å². The smallest absolute Gasteiger partial charge is 0.145 e. The molecule has 2 N–H and O–H groups in total. The second-order valence-corrected chi connectivity index (χ2v) is 4.49. The van der Waals surface area contributed by atoms with E-state index in [-0.39, 0.29) is 6.04 Å². The Morgan fingerprint density at radius 1 is 1.11 bits per heavy atom. The molecule has 1 aromatic carbocycles. The third kappa shape index (κ3) is 3.96. The largest absolute Gasteiger partial charge is 0.497 e. The van der Waals surface area contributed by atoms with Crippen LogP contribution in [0.4, 0.5) is 0 Å². The van der Waals surface area contributed by atoms with Crippen molar-refractivity contribution in [2.75, 3.05) is 7.11 Å². The second-order valence-electron chi connectivity index (χ2n) is 4.49. The molecule has 2 aromatic rings. The van der Waals surface area contributed by atoms with Crippen molar-refractivity contribution < 1.29 is 9.47 Å². The molecule has 0 saturated carbocycles. The molecule has 0 radical (unpaired) electrons. The molecule has 0 amide bonds. The first kappa shape index (κ1) is 13.4. The van der Waals surface area contributed by atoms with Crippen molar-refractivity contribution in [3.8, 4) is 17.2 Å². The first-order chi connectivity index (χ1) is 9.17. The van der Waals surface area contributed by atoms with Gasteiger partial charge >= 0.3 is 0 Å². The van der Waals surface area contributed by atoms with E-state index in [1.54, 1.807) is 13.3 Å². The van der Waals surface area contributed by atoms with E-state index in [1.165, 1.54) is 0 Å². The standard InChI is InChI=1S/C15H18N2O2/c1-11(16)7-12-8-15(10-17-9-12)19-14-5-3-13(18-2)4-6-14/h3-6,8-11H,7,16H2,1-2H3. The van der Waals surface area contributed by atoms with E-state index >= 15 is 0 Å². The molecule has 0 fully saturated rings. The third-order valence-electron chi connectivity index (χ3n) is 2.62. The highest BCUT2D eigenvalue weighted by atomic mass is 16.5. The quantitative estimate of drug-likeness (QED) is 0.896. The monoisotopic (exact) mass is 258 g/mol. The lowest BCUT2D eigenvalue weighted by atomic mass is 10.1. The van der Waals surface area contributed by atoms with Crippen LogP contribution in [0.25, 0.3) is 0 Å². The van der Waals surface area contributed by atoms with Gasteiger partial charge in [0.25, 0.3) is 0 Å². The molecule has 1 aromatic heterocycles. The first-order valence-electron chi connectivity index (χ1n) is 6.19. The number of nitrogens with two attached hydrogens (primary N) is 1. The van der Waals surface area contributed by atoms with E-state index in [4.69, 9.17) is 15.2 Å². The van der Waals surface area contributed by atoms with Gasteiger partial charge in [0.2, 0.25) is 0 Å². The number of methoxy groups -OCH3 is 1. The first-order valence-corrected chi connectivity index (χ1v) is 6.19. The van der Waals surface area contributed by atoms with Gasteiger partial charge in [-0.25, -0.2) is 0 Å². The van der Waals surface area contributed by atoms with Crippen LogP contribution in [0, 0.1) is 0 Å². The van der Waals surface area contributed by atoms with Crippen LogP contribution in [-0.2, 0) is 6.42 Å². The van der Waals surface area contributed by atoms with E-state index in [2.05, 4.69) is 4.98 Å². The van der Waals surface area contributed by atoms with Crippen molar-refractivity contribution >= 4 is 0 Å². The molecule has 0 aliphatic carbocycles. The molecule has 19 heavy (non-hydrogen) atoms. The van der Waals surface area contributed by atoms with Crippen LogP contribution in [0.1, 0.15) is 12.5 Å². The van der Waals surface area contributed by atoms with Crippen molar-refractivity contribution in [3.05, 3.63) is 48.3 Å². The average Bonchev–Trinajstić information content (AvgIpc) is 2.39. The second kappa shape index (κ2) is 6.20. The fourth-order valence-electron chi connectivity index (χ4n) is 1.78. The Balaban J connectivity index is 2.09. The normalized spacial score (nSPS) is 11.9. The molecule has 0 aliphatic rings. The highest BCUT2D eigenvalue weighted by Gasteiger charge is 2.02. The molecular formula is C15H18N2O2. The van der Waals surface area contributed by atoms with Gasteiger partial charge in [-0.15, -0.1) is 0 Å². The number of rotatable bonds is 5. The SMILES string of the molecule is COc1ccc(Oc2cncc(CC(C)N)c2)cc1. The Bertz CT molecular complexity index is 524. The van der Waals surface area contributed by atoms with Gasteiger partial charge in [0.05, 0.1) is 13.3 Å². The molecule has 1 unspecified atom stereocenters. The molecule has 0 aliphatic heterocycles. The highest BCUT2D eigenvalue weighted by Crippen LogP contribution is 2.23. The van der Waals surface area contributed by atoms with Crippen molar-refractivity contribution in [1.82, 2.24) is 4.98 Å². The summed E-state index contributed by atoms with van der Waals surface area (Å²) in [4.78, 5) is 4.16. The summed E-state index contributed by atoms with van der Waals surface area (Å²) in [6, 6.07) is 9.50. The summed E-state index contributed by atoms with van der Waals surface area (Å²) < 4.78 is 10.8. The van der Waals surface area contributed by atoms with Crippen LogP contribution in [0.2, 0.25) is 0 Å². The van der Waals surface area contributed by atoms with Gasteiger partial charge < -0.3 is 15.2 Å². The van der Waals surface area contributed by atoms with Gasteiger partial charge in [-0.2, -0.15) is 0 Å². The predicted octanol–water partition coefficient (Wildman–Crippen LogP) is 2.77. The van der Waals surface area contributed by atoms with Gasteiger partial charge in [-0.05, 0) is 49.2 Å². The molecule has 2 rings (SSSR count). The molecule has 4 nitrogen and oxygen atoms in total. The van der Waals surface area contributed by atoms with Gasteiger partial charge in [0, 0.05) is 12.2 Å². The minimum absolute atomic E-state index is 0.109. The zero-order valence-electron chi connectivity index (χ0n) is 11.2. The number of benzene rings is 1. The van der Waals surface area contributed by atoms with E-state index in [0.29, 0.717) is 5.75 Å². The Kier molecular flexibility index (Phi) is 4.36. The molecule has 1 atom stereocenters. The van der Waals surface area contributed by atoms with Crippen LogP contribution in [0.15, 0.2) is 42.7 Å². The van der Waals surface area contributed by atoms with Crippen LogP contribution in [-0.4, -0.2) is 18.1 Å². The van der Waals surface area contributed by atoms with Gasteiger partial charge in [-0.1, -0.05) is 0 Å². The van der Waals surface area contributed by atoms with Crippen LogP contribution >= 0.6 is 0 Å². The Morgan fingerprint density at radius 2 is 1.79 bits per heavy atom. The maximum Gasteiger partial charge on any atom is 0.145 e. The summed E-state index contributed by atoms with van der Waals surface area (Å²) in [6.45, 7) is 1.97. The topological polar surface area (TPSA) is 57.4 Å². The van der Waals surface area contributed by atoms with E-state index < -0.39 is 0 Å². The number of hydrogen-bond donors (Lipinski definition) is 1. The number of ether oxygens (including phenoxy) is 2. The lowest BCUT2D eigenvalue weighted by Gasteiger charge is -2.09. The molecule has 0 bridgehead atoms. The van der Waals surface area contributed by atoms with E-state index in [1.807, 2.05) is 43.5 Å². The highest BCUT2D eigenvalue weighted by molar-refractivity contribution is 5.35. The van der Waals surface area contributed by atoms with Crippen LogP contribution in [0.5, 0.6) is 17.2 Å². The van der Waals surface area contributed by atoms with Crippen molar-refractivity contribution in [2.24, 2.45) is 5.73 Å². The average molecular weight is 258 g/mol. The summed E-state index contributed by atoms with van der Waals surface area (Å²) in [5.74, 6) is 2.26. The number of aromatic nitrogens is 1.